The first-order valence-electron chi connectivity index (χ1n) is 4.67. The molecule has 6 heteroatoms. The summed E-state index contributed by atoms with van der Waals surface area (Å²) in [6.45, 7) is 0. The third kappa shape index (κ3) is 1.35. The van der Waals surface area contributed by atoms with Gasteiger partial charge in [0.1, 0.15) is 0 Å². The van der Waals surface area contributed by atoms with E-state index in [1.54, 1.807) is 0 Å². The minimum absolute atomic E-state index is 0.225. The van der Waals surface area contributed by atoms with Gasteiger partial charge < -0.3 is 0 Å². The Morgan fingerprint density at radius 2 is 1.86 bits per heavy atom. The molecule has 2 saturated carbocycles. The predicted octanol–water partition coefficient (Wildman–Crippen LogP) is 1.90. The first-order valence-corrected chi connectivity index (χ1v) is 6.11. The number of hydrogen-bond acceptors (Lipinski definition) is 2. The van der Waals surface area contributed by atoms with Gasteiger partial charge in [0, 0.05) is 5.92 Å². The van der Waals surface area contributed by atoms with Gasteiger partial charge in [-0.1, -0.05) is 6.42 Å². The molecule has 82 valence electrons. The second-order valence-corrected chi connectivity index (χ2v) is 5.81. The molecule has 0 saturated heterocycles. The summed E-state index contributed by atoms with van der Waals surface area (Å²) in [7, 11) is -5.24. The number of rotatable bonds is 2. The molecule has 0 aromatic carbocycles. The fraction of sp³-hybridized carbons (Fsp3) is 1.00. The van der Waals surface area contributed by atoms with Crippen molar-refractivity contribution >= 4 is 10.1 Å². The lowest BCUT2D eigenvalue weighted by atomic mass is 9.89. The number of fused-ring (bicyclic) bond motifs is 2. The van der Waals surface area contributed by atoms with Crippen LogP contribution in [0.5, 0.6) is 0 Å². The predicted molar refractivity (Wildman–Crippen MR) is 45.4 cm³/mol. The monoisotopic (exact) mass is 226 g/mol. The van der Waals surface area contributed by atoms with Crippen molar-refractivity contribution in [2.45, 2.75) is 30.9 Å². The summed E-state index contributed by atoms with van der Waals surface area (Å²) in [6, 6.07) is 0. The molecule has 0 radical (unpaired) electrons. The largest absolute Gasteiger partial charge is 0.372 e. The highest BCUT2D eigenvalue weighted by Gasteiger charge is 2.58. The van der Waals surface area contributed by atoms with Gasteiger partial charge >= 0.3 is 15.4 Å². The summed E-state index contributed by atoms with van der Waals surface area (Å²) in [6.07, 6.45) is 2.51. The lowest BCUT2D eigenvalue weighted by molar-refractivity contribution is -0.00721. The molecule has 2 rings (SSSR count). The maximum atomic E-state index is 13.3. The summed E-state index contributed by atoms with van der Waals surface area (Å²) in [5.74, 6) is -1.16. The van der Waals surface area contributed by atoms with E-state index in [0.717, 1.165) is 6.42 Å². The average Bonchev–Trinajstić information content (AvgIpc) is 2.61. The zero-order chi connectivity index (χ0) is 10.6. The van der Waals surface area contributed by atoms with Gasteiger partial charge in [-0.3, -0.25) is 4.55 Å². The third-order valence-corrected chi connectivity index (χ3v) is 4.50. The Balaban J connectivity index is 2.24. The summed E-state index contributed by atoms with van der Waals surface area (Å²) >= 11 is 0. The van der Waals surface area contributed by atoms with E-state index in [2.05, 4.69) is 0 Å². The molecule has 2 bridgehead atoms. The van der Waals surface area contributed by atoms with Crippen LogP contribution in [0.25, 0.3) is 0 Å². The Labute approximate surface area is 81.2 Å². The van der Waals surface area contributed by atoms with Crippen molar-refractivity contribution in [3.8, 4) is 0 Å². The van der Waals surface area contributed by atoms with Crippen LogP contribution in [0.15, 0.2) is 0 Å². The molecule has 3 atom stereocenters. The zero-order valence-electron chi connectivity index (χ0n) is 7.49. The Morgan fingerprint density at radius 1 is 1.21 bits per heavy atom. The minimum Gasteiger partial charge on any atom is -0.281 e. The molecule has 0 aromatic rings. The molecule has 2 fully saturated rings. The fourth-order valence-corrected chi connectivity index (χ4v) is 3.52. The lowest BCUT2D eigenvalue weighted by Gasteiger charge is -2.27. The number of halogens is 2. The number of hydrogen-bond donors (Lipinski definition) is 1. The van der Waals surface area contributed by atoms with Crippen LogP contribution in [0.2, 0.25) is 0 Å². The normalized spacial score (nSPS) is 37.8. The smallest absolute Gasteiger partial charge is 0.281 e. The van der Waals surface area contributed by atoms with E-state index in [1.165, 1.54) is 0 Å². The van der Waals surface area contributed by atoms with Crippen molar-refractivity contribution in [2.24, 2.45) is 17.8 Å². The van der Waals surface area contributed by atoms with Crippen molar-refractivity contribution < 1.29 is 21.8 Å². The summed E-state index contributed by atoms with van der Waals surface area (Å²) in [5.41, 5.74) is 0. The highest BCUT2D eigenvalue weighted by atomic mass is 32.2. The topological polar surface area (TPSA) is 54.4 Å². The molecule has 2 unspecified atom stereocenters. The van der Waals surface area contributed by atoms with Crippen LogP contribution in [0.1, 0.15) is 25.7 Å². The van der Waals surface area contributed by atoms with Gasteiger partial charge in [0.05, 0.1) is 0 Å². The molecule has 0 spiro atoms. The second-order valence-electron chi connectivity index (χ2n) is 4.32. The molecular weight excluding hydrogens is 214 g/mol. The van der Waals surface area contributed by atoms with E-state index >= 15 is 0 Å². The number of alkyl halides is 2. The second kappa shape index (κ2) is 2.88. The van der Waals surface area contributed by atoms with Crippen molar-refractivity contribution in [1.82, 2.24) is 0 Å². The zero-order valence-corrected chi connectivity index (χ0v) is 8.30. The molecule has 2 aliphatic rings. The molecule has 1 N–H and O–H groups in total. The van der Waals surface area contributed by atoms with Crippen LogP contribution >= 0.6 is 0 Å². The van der Waals surface area contributed by atoms with E-state index in [0.29, 0.717) is 12.8 Å². The van der Waals surface area contributed by atoms with Crippen LogP contribution in [-0.2, 0) is 10.1 Å². The molecule has 14 heavy (non-hydrogen) atoms. The van der Waals surface area contributed by atoms with Gasteiger partial charge in [-0.05, 0) is 31.1 Å². The maximum absolute atomic E-state index is 13.3. The van der Waals surface area contributed by atoms with E-state index in [-0.39, 0.29) is 18.3 Å². The Kier molecular flexibility index (Phi) is 2.12. The van der Waals surface area contributed by atoms with E-state index in [4.69, 9.17) is 4.55 Å². The highest BCUT2D eigenvalue weighted by molar-refractivity contribution is 7.86. The van der Waals surface area contributed by atoms with Crippen molar-refractivity contribution in [3.05, 3.63) is 0 Å². The fourth-order valence-electron chi connectivity index (χ4n) is 2.85. The summed E-state index contributed by atoms with van der Waals surface area (Å²) in [4.78, 5) is 0. The van der Waals surface area contributed by atoms with Gasteiger partial charge in [0.15, 0.2) is 0 Å². The molecule has 3 nitrogen and oxygen atoms in total. The van der Waals surface area contributed by atoms with Crippen LogP contribution < -0.4 is 0 Å². The maximum Gasteiger partial charge on any atom is 0.372 e. The summed E-state index contributed by atoms with van der Waals surface area (Å²) < 4.78 is 56.0. The van der Waals surface area contributed by atoms with Gasteiger partial charge in [-0.25, -0.2) is 0 Å². The quantitative estimate of drug-likeness (QED) is 0.732. The Bertz CT molecular complexity index is 338. The minimum atomic E-state index is -5.24. The van der Waals surface area contributed by atoms with Crippen LogP contribution in [0.4, 0.5) is 8.78 Å². The SMILES string of the molecule is O=S(=O)(O)C(F)(F)[C@@H]1CC2CCC1C2. The lowest BCUT2D eigenvalue weighted by Crippen LogP contribution is -2.39. The van der Waals surface area contributed by atoms with Crippen LogP contribution in [-0.4, -0.2) is 18.2 Å². The Hall–Kier alpha value is -0.230. The van der Waals surface area contributed by atoms with Crippen LogP contribution in [0, 0.1) is 17.8 Å². The van der Waals surface area contributed by atoms with E-state index < -0.39 is 21.3 Å². The first-order chi connectivity index (χ1) is 6.32. The van der Waals surface area contributed by atoms with Crippen molar-refractivity contribution in [2.75, 3.05) is 0 Å². The standard InChI is InChI=1S/C8H12F2O3S/c9-8(10,14(11,12)13)7-4-5-1-2-6(7)3-5/h5-7H,1-4H2,(H,11,12,13)/t5?,6?,7-/m1/s1. The summed E-state index contributed by atoms with van der Waals surface area (Å²) in [5, 5.41) is -3.95. The Morgan fingerprint density at radius 3 is 2.21 bits per heavy atom. The van der Waals surface area contributed by atoms with Gasteiger partial charge in [0.25, 0.3) is 0 Å². The molecule has 2 aliphatic carbocycles. The highest BCUT2D eigenvalue weighted by Crippen LogP contribution is 2.54. The molecule has 0 aliphatic heterocycles. The first kappa shape index (κ1) is 10.3. The third-order valence-electron chi connectivity index (χ3n) is 3.51. The van der Waals surface area contributed by atoms with Crippen molar-refractivity contribution in [3.63, 3.8) is 0 Å². The van der Waals surface area contributed by atoms with Gasteiger partial charge in [0.2, 0.25) is 0 Å². The van der Waals surface area contributed by atoms with Crippen molar-refractivity contribution in [1.29, 1.82) is 0 Å². The molecule has 0 amide bonds. The van der Waals surface area contributed by atoms with E-state index in [9.17, 15) is 17.2 Å². The molecule has 0 heterocycles. The average molecular weight is 226 g/mol. The van der Waals surface area contributed by atoms with Crippen LogP contribution in [0.3, 0.4) is 0 Å². The van der Waals surface area contributed by atoms with Gasteiger partial charge in [-0.2, -0.15) is 17.2 Å². The van der Waals surface area contributed by atoms with E-state index in [1.807, 2.05) is 0 Å². The molecule has 0 aromatic heterocycles. The molecular formula is C8H12F2O3S. The van der Waals surface area contributed by atoms with Gasteiger partial charge in [-0.15, -0.1) is 0 Å².